The predicted molar refractivity (Wildman–Crippen MR) is 89.9 cm³/mol. The molecule has 114 valence electrons. The van der Waals surface area contributed by atoms with E-state index in [1.54, 1.807) is 25.1 Å². The Morgan fingerprint density at radius 2 is 1.50 bits per heavy atom. The molecule has 2 aromatic rings. The van der Waals surface area contributed by atoms with Crippen molar-refractivity contribution in [2.24, 2.45) is 0 Å². The van der Waals surface area contributed by atoms with Gasteiger partial charge in [-0.3, -0.25) is 9.59 Å². The first-order chi connectivity index (χ1) is 10.4. The highest BCUT2D eigenvalue weighted by Gasteiger charge is 2.16. The summed E-state index contributed by atoms with van der Waals surface area (Å²) in [6.45, 7) is 1.74. The molecule has 0 bridgehead atoms. The number of rotatable bonds is 2. The molecule has 2 aromatic carbocycles. The second-order valence-electron chi connectivity index (χ2n) is 4.48. The molecule has 2 N–H and O–H groups in total. The molecule has 0 aromatic heterocycles. The number of hydrogen-bond acceptors (Lipinski definition) is 2. The minimum atomic E-state index is -0.835. The van der Waals surface area contributed by atoms with Gasteiger partial charge >= 0.3 is 11.8 Å². The first kappa shape index (κ1) is 16.6. The number of carbonyl (C=O) groups excluding carboxylic acids is 2. The van der Waals surface area contributed by atoms with Crippen LogP contribution in [0.1, 0.15) is 5.56 Å². The first-order valence-electron chi connectivity index (χ1n) is 6.20. The molecular weight excluding hydrogens is 347 g/mol. The predicted octanol–water partition coefficient (Wildman–Crippen LogP) is 4.53. The zero-order chi connectivity index (χ0) is 16.3. The van der Waals surface area contributed by atoms with Gasteiger partial charge < -0.3 is 10.6 Å². The van der Waals surface area contributed by atoms with Crippen molar-refractivity contribution in [3.05, 3.63) is 57.0 Å². The number of benzene rings is 2. The molecule has 0 fully saturated rings. The third-order valence-electron chi connectivity index (χ3n) is 2.84. The lowest BCUT2D eigenvalue weighted by atomic mass is 10.2. The van der Waals surface area contributed by atoms with Crippen molar-refractivity contribution in [1.82, 2.24) is 0 Å². The average molecular weight is 358 g/mol. The van der Waals surface area contributed by atoms with Crippen LogP contribution in [-0.4, -0.2) is 11.8 Å². The van der Waals surface area contributed by atoms with Crippen LogP contribution in [0.15, 0.2) is 36.4 Å². The molecule has 0 spiro atoms. The fraction of sp³-hybridized carbons (Fsp3) is 0.0667. The van der Waals surface area contributed by atoms with E-state index in [9.17, 15) is 9.59 Å². The van der Waals surface area contributed by atoms with E-state index in [0.717, 1.165) is 0 Å². The van der Waals surface area contributed by atoms with Crippen molar-refractivity contribution >= 4 is 58.0 Å². The van der Waals surface area contributed by atoms with Crippen molar-refractivity contribution < 1.29 is 9.59 Å². The van der Waals surface area contributed by atoms with Crippen molar-refractivity contribution in [2.75, 3.05) is 10.6 Å². The molecular formula is C15H11Cl3N2O2. The lowest BCUT2D eigenvalue weighted by Crippen LogP contribution is -2.29. The van der Waals surface area contributed by atoms with E-state index in [1.165, 1.54) is 18.2 Å². The third kappa shape index (κ3) is 4.13. The largest absolute Gasteiger partial charge is 0.318 e. The van der Waals surface area contributed by atoms with E-state index in [1.807, 2.05) is 0 Å². The monoisotopic (exact) mass is 356 g/mol. The summed E-state index contributed by atoms with van der Waals surface area (Å²) in [7, 11) is 0. The summed E-state index contributed by atoms with van der Waals surface area (Å²) in [5.74, 6) is -1.65. The van der Waals surface area contributed by atoms with Gasteiger partial charge in [-0.2, -0.15) is 0 Å². The molecule has 0 heterocycles. The van der Waals surface area contributed by atoms with Crippen LogP contribution in [0.2, 0.25) is 15.1 Å². The maximum atomic E-state index is 11.9. The van der Waals surface area contributed by atoms with Gasteiger partial charge in [0.1, 0.15) is 0 Å². The SMILES string of the molecule is Cc1c(Cl)cccc1NC(=O)C(=O)Nc1cc(Cl)cc(Cl)c1. The summed E-state index contributed by atoms with van der Waals surface area (Å²) < 4.78 is 0. The Morgan fingerprint density at radius 3 is 2.14 bits per heavy atom. The number of amides is 2. The Kier molecular flexibility index (Phi) is 5.29. The fourth-order valence-corrected chi connectivity index (χ4v) is 2.44. The Balaban J connectivity index is 2.09. The smallest absolute Gasteiger partial charge is 0.314 e. The minimum absolute atomic E-state index is 0.334. The maximum Gasteiger partial charge on any atom is 0.314 e. The van der Waals surface area contributed by atoms with Crippen molar-refractivity contribution in [2.45, 2.75) is 6.92 Å². The summed E-state index contributed by atoms with van der Waals surface area (Å²) in [5.41, 5.74) is 1.48. The molecule has 7 heteroatoms. The molecule has 0 saturated carbocycles. The Hall–Kier alpha value is -1.75. The Morgan fingerprint density at radius 1 is 0.909 bits per heavy atom. The molecule has 0 saturated heterocycles. The molecule has 0 aliphatic heterocycles. The molecule has 0 radical (unpaired) electrons. The quantitative estimate of drug-likeness (QED) is 0.776. The van der Waals surface area contributed by atoms with Crippen LogP contribution >= 0.6 is 34.8 Å². The number of nitrogens with one attached hydrogen (secondary N) is 2. The number of halogens is 3. The molecule has 2 amide bonds. The Bertz CT molecular complexity index is 727. The Labute approximate surface area is 142 Å². The first-order valence-corrected chi connectivity index (χ1v) is 7.34. The van der Waals surface area contributed by atoms with E-state index in [4.69, 9.17) is 34.8 Å². The third-order valence-corrected chi connectivity index (χ3v) is 3.69. The molecule has 0 unspecified atom stereocenters. The lowest BCUT2D eigenvalue weighted by molar-refractivity contribution is -0.133. The van der Waals surface area contributed by atoms with Crippen LogP contribution in [-0.2, 0) is 9.59 Å². The van der Waals surface area contributed by atoms with Gasteiger partial charge in [0.25, 0.3) is 0 Å². The average Bonchev–Trinajstić information content (AvgIpc) is 2.42. The fourth-order valence-electron chi connectivity index (χ4n) is 1.74. The van der Waals surface area contributed by atoms with Crippen molar-refractivity contribution in [3.8, 4) is 0 Å². The summed E-state index contributed by atoms with van der Waals surface area (Å²) in [5, 5.41) is 6.13. The number of carbonyl (C=O) groups is 2. The van der Waals surface area contributed by atoms with Crippen LogP contribution in [0.25, 0.3) is 0 Å². The van der Waals surface area contributed by atoms with E-state index in [2.05, 4.69) is 10.6 Å². The van der Waals surface area contributed by atoms with Crippen LogP contribution in [0.4, 0.5) is 11.4 Å². The highest BCUT2D eigenvalue weighted by Crippen LogP contribution is 2.24. The molecule has 0 atom stereocenters. The van der Waals surface area contributed by atoms with Gasteiger partial charge in [-0.05, 0) is 42.8 Å². The lowest BCUT2D eigenvalue weighted by Gasteiger charge is -2.10. The van der Waals surface area contributed by atoms with Gasteiger partial charge in [0.2, 0.25) is 0 Å². The van der Waals surface area contributed by atoms with Crippen LogP contribution in [0, 0.1) is 6.92 Å². The van der Waals surface area contributed by atoms with Gasteiger partial charge in [-0.15, -0.1) is 0 Å². The topological polar surface area (TPSA) is 58.2 Å². The van der Waals surface area contributed by atoms with Gasteiger partial charge in [-0.1, -0.05) is 40.9 Å². The highest BCUT2D eigenvalue weighted by atomic mass is 35.5. The molecule has 22 heavy (non-hydrogen) atoms. The molecule has 0 aliphatic carbocycles. The maximum absolute atomic E-state index is 11.9. The van der Waals surface area contributed by atoms with Gasteiger partial charge in [0.05, 0.1) is 0 Å². The van der Waals surface area contributed by atoms with E-state index in [-0.39, 0.29) is 0 Å². The second kappa shape index (κ2) is 7.01. The number of hydrogen-bond donors (Lipinski definition) is 2. The summed E-state index contributed by atoms with van der Waals surface area (Å²) in [6.07, 6.45) is 0. The van der Waals surface area contributed by atoms with Gasteiger partial charge in [0.15, 0.2) is 0 Å². The van der Waals surface area contributed by atoms with E-state index >= 15 is 0 Å². The van der Waals surface area contributed by atoms with Crippen molar-refractivity contribution in [3.63, 3.8) is 0 Å². The summed E-state index contributed by atoms with van der Waals surface area (Å²) >= 11 is 17.6. The zero-order valence-corrected chi connectivity index (χ0v) is 13.7. The van der Waals surface area contributed by atoms with Crippen LogP contribution in [0.3, 0.4) is 0 Å². The minimum Gasteiger partial charge on any atom is -0.318 e. The number of anilines is 2. The normalized spacial score (nSPS) is 10.2. The molecule has 2 rings (SSSR count). The highest BCUT2D eigenvalue weighted by molar-refractivity contribution is 6.44. The van der Waals surface area contributed by atoms with Crippen molar-refractivity contribution in [1.29, 1.82) is 0 Å². The molecule has 0 aliphatic rings. The van der Waals surface area contributed by atoms with E-state index < -0.39 is 11.8 Å². The summed E-state index contributed by atoms with van der Waals surface area (Å²) in [6, 6.07) is 9.53. The van der Waals surface area contributed by atoms with Crippen LogP contribution < -0.4 is 10.6 Å². The zero-order valence-electron chi connectivity index (χ0n) is 11.4. The molecule has 4 nitrogen and oxygen atoms in total. The van der Waals surface area contributed by atoms with E-state index in [0.29, 0.717) is 32.0 Å². The standard InChI is InChI=1S/C15H11Cl3N2O2/c1-8-12(18)3-2-4-13(8)20-15(22)14(21)19-11-6-9(16)5-10(17)7-11/h2-7H,1H3,(H,19,21)(H,20,22). The second-order valence-corrected chi connectivity index (χ2v) is 5.76. The van der Waals surface area contributed by atoms with Gasteiger partial charge in [0, 0.05) is 26.4 Å². The van der Waals surface area contributed by atoms with Gasteiger partial charge in [-0.25, -0.2) is 0 Å². The summed E-state index contributed by atoms with van der Waals surface area (Å²) in [4.78, 5) is 23.8. The van der Waals surface area contributed by atoms with Crippen LogP contribution in [0.5, 0.6) is 0 Å².